The molecule has 0 amide bonds. The van der Waals surface area contributed by atoms with Gasteiger partial charge in [-0.15, -0.1) is 0 Å². The van der Waals surface area contributed by atoms with Crippen molar-refractivity contribution in [2.24, 2.45) is 0 Å². The second kappa shape index (κ2) is 9.95. The highest BCUT2D eigenvalue weighted by molar-refractivity contribution is 6.00. The van der Waals surface area contributed by atoms with E-state index in [2.05, 4.69) is 37.6 Å². The van der Waals surface area contributed by atoms with Crippen molar-refractivity contribution in [1.82, 2.24) is 30.4 Å². The molecule has 2 aromatic carbocycles. The number of piperidine rings is 1. The van der Waals surface area contributed by atoms with Crippen molar-refractivity contribution in [1.29, 1.82) is 0 Å². The van der Waals surface area contributed by atoms with E-state index in [9.17, 15) is 4.39 Å². The topological polar surface area (TPSA) is 81.9 Å². The van der Waals surface area contributed by atoms with E-state index in [1.165, 1.54) is 11.6 Å². The Morgan fingerprint density at radius 2 is 1.92 bits per heavy atom. The molecule has 0 aliphatic carbocycles. The Kier molecular flexibility index (Phi) is 6.36. The van der Waals surface area contributed by atoms with Crippen molar-refractivity contribution < 1.29 is 9.13 Å². The number of rotatable bonds is 7. The minimum atomic E-state index is -0.318. The van der Waals surface area contributed by atoms with E-state index in [1.807, 2.05) is 49.5 Å². The van der Waals surface area contributed by atoms with Gasteiger partial charge in [-0.2, -0.15) is 5.10 Å². The number of aromatic amines is 2. The highest BCUT2D eigenvalue weighted by Crippen LogP contribution is 2.36. The van der Waals surface area contributed by atoms with Gasteiger partial charge in [0.05, 0.1) is 11.4 Å². The monoisotopic (exact) mass is 498 g/mol. The van der Waals surface area contributed by atoms with Crippen molar-refractivity contribution in [2.45, 2.75) is 18.8 Å². The van der Waals surface area contributed by atoms with E-state index >= 15 is 0 Å². The third-order valence-corrected chi connectivity index (χ3v) is 7.16. The molecule has 1 aliphatic heterocycles. The first-order valence-electron chi connectivity index (χ1n) is 12.8. The molecule has 1 saturated heterocycles. The molecule has 0 bridgehead atoms. The second-order valence-corrected chi connectivity index (χ2v) is 10.0. The molecule has 3 aromatic heterocycles. The lowest BCUT2D eigenvalue weighted by atomic mass is 9.91. The number of ether oxygens (including phenoxy) is 1. The summed E-state index contributed by atoms with van der Waals surface area (Å²) in [6, 6.07) is 15.3. The van der Waals surface area contributed by atoms with Crippen LogP contribution in [0.3, 0.4) is 0 Å². The highest BCUT2D eigenvalue weighted by atomic mass is 19.1. The van der Waals surface area contributed by atoms with Gasteiger partial charge in [-0.25, -0.2) is 9.37 Å². The second-order valence-electron chi connectivity index (χ2n) is 10.0. The number of nitrogens with zero attached hydrogens (tertiary/aromatic N) is 3. The number of halogens is 1. The number of pyridine rings is 1. The summed E-state index contributed by atoms with van der Waals surface area (Å²) in [6.07, 6.45) is 4.20. The molecule has 37 heavy (non-hydrogen) atoms. The van der Waals surface area contributed by atoms with Gasteiger partial charge in [0, 0.05) is 35.1 Å². The van der Waals surface area contributed by atoms with Crippen LogP contribution in [0.4, 0.5) is 4.39 Å². The standard InChI is InChI=1S/C29H31FN6O/c1-36(2)10-11-37-22-13-19(12-21(30)15-22)23-4-3-5-26-24(23)16-27(33-26)28-25-14-20(17-32-29(25)35-34-28)18-6-8-31-9-7-18/h3-5,12-18,31,33H,6-11H2,1-2H3,(H,32,34,35). The molecule has 0 unspecified atom stereocenters. The molecule has 1 aliphatic rings. The number of nitrogens with one attached hydrogen (secondary N) is 3. The summed E-state index contributed by atoms with van der Waals surface area (Å²) >= 11 is 0. The zero-order valence-corrected chi connectivity index (χ0v) is 21.1. The normalized spacial score (nSPS) is 14.7. The summed E-state index contributed by atoms with van der Waals surface area (Å²) in [5.74, 6) is 0.721. The van der Waals surface area contributed by atoms with Gasteiger partial charge in [0.15, 0.2) is 5.65 Å². The molecule has 4 heterocycles. The molecule has 7 nitrogen and oxygen atoms in total. The number of H-pyrrole nitrogens is 2. The highest BCUT2D eigenvalue weighted by Gasteiger charge is 2.19. The average molecular weight is 499 g/mol. The molecule has 5 aromatic rings. The van der Waals surface area contributed by atoms with Crippen molar-refractivity contribution in [3.05, 3.63) is 66.1 Å². The van der Waals surface area contributed by atoms with Crippen LogP contribution in [0.5, 0.6) is 5.75 Å². The number of benzene rings is 2. The predicted octanol–water partition coefficient (Wildman–Crippen LogP) is 5.32. The first-order chi connectivity index (χ1) is 18.0. The number of aromatic nitrogens is 4. The molecule has 8 heteroatoms. The quantitative estimate of drug-likeness (QED) is 0.283. The molecule has 0 saturated carbocycles. The lowest BCUT2D eigenvalue weighted by Crippen LogP contribution is -2.26. The Morgan fingerprint density at radius 3 is 2.76 bits per heavy atom. The fraction of sp³-hybridized carbons (Fsp3) is 0.310. The Morgan fingerprint density at radius 1 is 1.05 bits per heavy atom. The van der Waals surface area contributed by atoms with E-state index in [0.29, 0.717) is 23.9 Å². The van der Waals surface area contributed by atoms with Gasteiger partial charge in [-0.3, -0.25) is 5.10 Å². The number of hydrogen-bond acceptors (Lipinski definition) is 5. The lowest BCUT2D eigenvalue weighted by Gasteiger charge is -2.22. The first kappa shape index (κ1) is 23.6. The van der Waals surface area contributed by atoms with Gasteiger partial charge in [-0.1, -0.05) is 12.1 Å². The average Bonchev–Trinajstić information content (AvgIpc) is 3.52. The molecular formula is C29H31FN6O. The van der Waals surface area contributed by atoms with Crippen molar-refractivity contribution in [3.63, 3.8) is 0 Å². The summed E-state index contributed by atoms with van der Waals surface area (Å²) < 4.78 is 20.4. The maximum absolute atomic E-state index is 14.6. The van der Waals surface area contributed by atoms with Gasteiger partial charge in [0.1, 0.15) is 18.2 Å². The molecule has 1 fully saturated rings. The van der Waals surface area contributed by atoms with Gasteiger partial charge >= 0.3 is 0 Å². The number of fused-ring (bicyclic) bond motifs is 2. The minimum absolute atomic E-state index is 0.318. The summed E-state index contributed by atoms with van der Waals surface area (Å²) in [7, 11) is 3.97. The summed E-state index contributed by atoms with van der Waals surface area (Å²) in [4.78, 5) is 10.2. The third-order valence-electron chi connectivity index (χ3n) is 7.16. The zero-order valence-electron chi connectivity index (χ0n) is 21.1. The SMILES string of the molecule is CN(C)CCOc1cc(F)cc(-c2cccc3[nH]c(-c4[nH]nc5ncc(C6CCNCC6)cc45)cc23)c1. The number of likely N-dealkylation sites (N-methyl/N-ethyl adjacent to an activating group) is 1. The predicted molar refractivity (Wildman–Crippen MR) is 145 cm³/mol. The van der Waals surface area contributed by atoms with Crippen LogP contribution in [0, 0.1) is 5.82 Å². The molecule has 0 atom stereocenters. The third kappa shape index (κ3) is 4.82. The van der Waals surface area contributed by atoms with E-state index in [1.54, 1.807) is 6.07 Å². The van der Waals surface area contributed by atoms with Gasteiger partial charge < -0.3 is 19.9 Å². The van der Waals surface area contributed by atoms with Crippen molar-refractivity contribution in [3.8, 4) is 28.3 Å². The Labute approximate surface area is 215 Å². The zero-order chi connectivity index (χ0) is 25.4. The maximum Gasteiger partial charge on any atom is 0.181 e. The Hall–Kier alpha value is -3.75. The molecule has 6 rings (SSSR count). The van der Waals surface area contributed by atoms with Gasteiger partial charge in [0.25, 0.3) is 0 Å². The van der Waals surface area contributed by atoms with Crippen LogP contribution >= 0.6 is 0 Å². The van der Waals surface area contributed by atoms with Crippen LogP contribution in [-0.4, -0.2) is 65.4 Å². The largest absolute Gasteiger partial charge is 0.492 e. The summed E-state index contributed by atoms with van der Waals surface area (Å²) in [5.41, 5.74) is 6.48. The summed E-state index contributed by atoms with van der Waals surface area (Å²) in [6.45, 7) is 3.33. The van der Waals surface area contributed by atoms with Crippen LogP contribution in [0.25, 0.3) is 44.5 Å². The Bertz CT molecular complexity index is 1550. The fourth-order valence-electron chi connectivity index (χ4n) is 5.19. The lowest BCUT2D eigenvalue weighted by molar-refractivity contribution is 0.260. The van der Waals surface area contributed by atoms with Crippen molar-refractivity contribution in [2.75, 3.05) is 40.3 Å². The van der Waals surface area contributed by atoms with Crippen LogP contribution in [0.2, 0.25) is 0 Å². The fourth-order valence-corrected chi connectivity index (χ4v) is 5.19. The van der Waals surface area contributed by atoms with Crippen LogP contribution in [-0.2, 0) is 0 Å². The van der Waals surface area contributed by atoms with Crippen LogP contribution in [0.15, 0.2) is 54.7 Å². The van der Waals surface area contributed by atoms with E-state index in [-0.39, 0.29) is 5.82 Å². The van der Waals surface area contributed by atoms with Crippen LogP contribution < -0.4 is 10.1 Å². The number of hydrogen-bond donors (Lipinski definition) is 3. The van der Waals surface area contributed by atoms with Gasteiger partial charge in [0.2, 0.25) is 0 Å². The van der Waals surface area contributed by atoms with Crippen LogP contribution in [0.1, 0.15) is 24.3 Å². The smallest absolute Gasteiger partial charge is 0.181 e. The van der Waals surface area contributed by atoms with E-state index in [4.69, 9.17) is 4.74 Å². The summed E-state index contributed by atoms with van der Waals surface area (Å²) in [5, 5.41) is 13.1. The van der Waals surface area contributed by atoms with Gasteiger partial charge in [-0.05, 0) is 93.0 Å². The first-order valence-corrected chi connectivity index (χ1v) is 12.8. The minimum Gasteiger partial charge on any atom is -0.492 e. The molecule has 0 spiro atoms. The molecule has 3 N–H and O–H groups in total. The molecule has 190 valence electrons. The molecule has 0 radical (unpaired) electrons. The van der Waals surface area contributed by atoms with E-state index in [0.717, 1.165) is 71.3 Å². The van der Waals surface area contributed by atoms with E-state index < -0.39 is 0 Å². The maximum atomic E-state index is 14.6. The van der Waals surface area contributed by atoms with Crippen molar-refractivity contribution >= 4 is 21.9 Å². The Balaban J connectivity index is 1.37. The molecular weight excluding hydrogens is 467 g/mol.